The maximum Gasteiger partial charge on any atom is 0.193 e. The SMILES string of the molecule is CN=C(NCCc1cc(Br)ccc1F)N(C)CC1CCOC1. The van der Waals surface area contributed by atoms with E-state index in [1.165, 1.54) is 6.07 Å². The fourth-order valence-corrected chi connectivity index (χ4v) is 3.04. The predicted octanol–water partition coefficient (Wildman–Crippen LogP) is 2.67. The third kappa shape index (κ3) is 4.95. The smallest absolute Gasteiger partial charge is 0.193 e. The summed E-state index contributed by atoms with van der Waals surface area (Å²) in [5.74, 6) is 1.23. The Labute approximate surface area is 139 Å². The number of hydrogen-bond acceptors (Lipinski definition) is 2. The van der Waals surface area contributed by atoms with Crippen molar-refractivity contribution >= 4 is 21.9 Å². The second-order valence-electron chi connectivity index (χ2n) is 5.57. The Hall–Kier alpha value is -1.14. The van der Waals surface area contributed by atoms with Crippen LogP contribution in [-0.4, -0.2) is 51.3 Å². The molecule has 1 atom stereocenters. The number of nitrogens with one attached hydrogen (secondary N) is 1. The minimum atomic E-state index is -0.170. The van der Waals surface area contributed by atoms with Crippen LogP contribution in [0.2, 0.25) is 0 Å². The van der Waals surface area contributed by atoms with E-state index in [1.807, 2.05) is 13.1 Å². The topological polar surface area (TPSA) is 36.9 Å². The molecule has 1 aromatic rings. The van der Waals surface area contributed by atoms with Crippen LogP contribution in [0.4, 0.5) is 4.39 Å². The summed E-state index contributed by atoms with van der Waals surface area (Å²) >= 11 is 3.37. The minimum Gasteiger partial charge on any atom is -0.381 e. The Balaban J connectivity index is 1.81. The van der Waals surface area contributed by atoms with Crippen LogP contribution in [0.25, 0.3) is 0 Å². The van der Waals surface area contributed by atoms with Crippen molar-refractivity contribution in [3.8, 4) is 0 Å². The average Bonchev–Trinajstić information content (AvgIpc) is 2.99. The van der Waals surface area contributed by atoms with Gasteiger partial charge in [0, 0.05) is 44.2 Å². The molecule has 1 aromatic carbocycles. The highest BCUT2D eigenvalue weighted by atomic mass is 79.9. The van der Waals surface area contributed by atoms with Crippen molar-refractivity contribution in [3.05, 3.63) is 34.1 Å². The molecule has 1 unspecified atom stereocenters. The molecule has 0 radical (unpaired) electrons. The zero-order valence-corrected chi connectivity index (χ0v) is 14.7. The van der Waals surface area contributed by atoms with Crippen molar-refractivity contribution in [2.24, 2.45) is 10.9 Å². The first-order chi connectivity index (χ1) is 10.6. The summed E-state index contributed by atoms with van der Waals surface area (Å²) in [6, 6.07) is 5.02. The van der Waals surface area contributed by atoms with E-state index in [1.54, 1.807) is 13.1 Å². The van der Waals surface area contributed by atoms with Crippen molar-refractivity contribution in [1.82, 2.24) is 10.2 Å². The third-order valence-corrected chi connectivity index (χ3v) is 4.31. The highest BCUT2D eigenvalue weighted by Crippen LogP contribution is 2.16. The van der Waals surface area contributed by atoms with Gasteiger partial charge in [-0.25, -0.2) is 4.39 Å². The Kier molecular flexibility index (Phi) is 6.64. The normalized spacial score (nSPS) is 18.5. The lowest BCUT2D eigenvalue weighted by Gasteiger charge is -2.24. The molecule has 0 saturated carbocycles. The highest BCUT2D eigenvalue weighted by molar-refractivity contribution is 9.10. The zero-order chi connectivity index (χ0) is 15.9. The molecule has 0 amide bonds. The van der Waals surface area contributed by atoms with E-state index < -0.39 is 0 Å². The Bertz CT molecular complexity index is 518. The Morgan fingerprint density at radius 3 is 3.05 bits per heavy atom. The molecule has 22 heavy (non-hydrogen) atoms. The third-order valence-electron chi connectivity index (χ3n) is 3.81. The van der Waals surface area contributed by atoms with Gasteiger partial charge in [-0.05, 0) is 36.6 Å². The van der Waals surface area contributed by atoms with E-state index in [4.69, 9.17) is 4.74 Å². The van der Waals surface area contributed by atoms with Crippen LogP contribution in [0.1, 0.15) is 12.0 Å². The van der Waals surface area contributed by atoms with Gasteiger partial charge in [-0.2, -0.15) is 0 Å². The molecule has 2 rings (SSSR count). The zero-order valence-electron chi connectivity index (χ0n) is 13.1. The number of ether oxygens (including phenoxy) is 1. The number of aliphatic imine (C=N–C) groups is 1. The molecule has 1 saturated heterocycles. The molecule has 1 aliphatic heterocycles. The molecule has 1 aliphatic rings. The summed E-state index contributed by atoms with van der Waals surface area (Å²) in [7, 11) is 3.79. The predicted molar refractivity (Wildman–Crippen MR) is 90.7 cm³/mol. The van der Waals surface area contributed by atoms with E-state index in [-0.39, 0.29) is 5.82 Å². The monoisotopic (exact) mass is 371 g/mol. The molecule has 0 aliphatic carbocycles. The summed E-state index contributed by atoms with van der Waals surface area (Å²) < 4.78 is 20.0. The van der Waals surface area contributed by atoms with Crippen LogP contribution < -0.4 is 5.32 Å². The van der Waals surface area contributed by atoms with Gasteiger partial charge in [0.1, 0.15) is 5.82 Å². The standard InChI is InChI=1S/C16H23BrFN3O/c1-19-16(21(2)10-12-6-8-22-11-12)20-7-5-13-9-14(17)3-4-15(13)18/h3-4,9,12H,5-8,10-11H2,1-2H3,(H,19,20). The Morgan fingerprint density at radius 2 is 2.36 bits per heavy atom. The van der Waals surface area contributed by atoms with Gasteiger partial charge in [-0.1, -0.05) is 15.9 Å². The van der Waals surface area contributed by atoms with E-state index in [0.29, 0.717) is 24.4 Å². The number of rotatable bonds is 5. The van der Waals surface area contributed by atoms with Gasteiger partial charge in [0.2, 0.25) is 0 Å². The molecule has 1 fully saturated rings. The van der Waals surface area contributed by atoms with Crippen molar-refractivity contribution in [3.63, 3.8) is 0 Å². The van der Waals surface area contributed by atoms with Gasteiger partial charge in [0.15, 0.2) is 5.96 Å². The average molecular weight is 372 g/mol. The molecule has 0 spiro atoms. The van der Waals surface area contributed by atoms with Crippen molar-refractivity contribution in [1.29, 1.82) is 0 Å². The molecule has 6 heteroatoms. The molecule has 122 valence electrons. The van der Waals surface area contributed by atoms with Crippen LogP contribution in [0.5, 0.6) is 0 Å². The van der Waals surface area contributed by atoms with Gasteiger partial charge < -0.3 is 15.0 Å². The summed E-state index contributed by atoms with van der Waals surface area (Å²) in [6.07, 6.45) is 1.72. The lowest BCUT2D eigenvalue weighted by molar-refractivity contribution is 0.181. The van der Waals surface area contributed by atoms with Crippen LogP contribution in [0, 0.1) is 11.7 Å². The largest absolute Gasteiger partial charge is 0.381 e. The molecular formula is C16H23BrFN3O. The summed E-state index contributed by atoms with van der Waals surface area (Å²) in [5.41, 5.74) is 0.698. The first-order valence-corrected chi connectivity index (χ1v) is 8.33. The second-order valence-corrected chi connectivity index (χ2v) is 6.49. The van der Waals surface area contributed by atoms with Gasteiger partial charge in [0.25, 0.3) is 0 Å². The molecule has 1 heterocycles. The number of hydrogen-bond donors (Lipinski definition) is 1. The van der Waals surface area contributed by atoms with E-state index in [0.717, 1.165) is 36.6 Å². The van der Waals surface area contributed by atoms with Gasteiger partial charge >= 0.3 is 0 Å². The van der Waals surface area contributed by atoms with E-state index in [9.17, 15) is 4.39 Å². The molecule has 1 N–H and O–H groups in total. The first-order valence-electron chi connectivity index (χ1n) is 7.53. The number of guanidine groups is 1. The van der Waals surface area contributed by atoms with Crippen LogP contribution >= 0.6 is 15.9 Å². The number of nitrogens with zero attached hydrogens (tertiary/aromatic N) is 2. The second kappa shape index (κ2) is 8.48. The molecule has 4 nitrogen and oxygen atoms in total. The summed E-state index contributed by atoms with van der Waals surface area (Å²) in [5, 5.41) is 3.29. The lowest BCUT2D eigenvalue weighted by atomic mass is 10.1. The van der Waals surface area contributed by atoms with Gasteiger partial charge in [0.05, 0.1) is 6.61 Å². The van der Waals surface area contributed by atoms with Crippen LogP contribution in [-0.2, 0) is 11.2 Å². The summed E-state index contributed by atoms with van der Waals surface area (Å²) in [4.78, 5) is 6.40. The minimum absolute atomic E-state index is 0.170. The molecule has 0 bridgehead atoms. The van der Waals surface area contributed by atoms with Crippen molar-refractivity contribution in [2.45, 2.75) is 12.8 Å². The van der Waals surface area contributed by atoms with E-state index in [2.05, 4.69) is 31.1 Å². The number of halogens is 2. The summed E-state index contributed by atoms with van der Waals surface area (Å²) in [6.45, 7) is 3.24. The number of benzene rings is 1. The maximum absolute atomic E-state index is 13.7. The van der Waals surface area contributed by atoms with Crippen molar-refractivity contribution < 1.29 is 9.13 Å². The molecular weight excluding hydrogens is 349 g/mol. The van der Waals surface area contributed by atoms with Crippen LogP contribution in [0.3, 0.4) is 0 Å². The van der Waals surface area contributed by atoms with Gasteiger partial charge in [-0.3, -0.25) is 4.99 Å². The van der Waals surface area contributed by atoms with Crippen molar-refractivity contribution in [2.75, 3.05) is 40.4 Å². The highest BCUT2D eigenvalue weighted by Gasteiger charge is 2.18. The van der Waals surface area contributed by atoms with E-state index >= 15 is 0 Å². The first kappa shape index (κ1) is 17.2. The van der Waals surface area contributed by atoms with Crippen LogP contribution in [0.15, 0.2) is 27.7 Å². The Morgan fingerprint density at radius 1 is 1.55 bits per heavy atom. The fraction of sp³-hybridized carbons (Fsp3) is 0.562. The van der Waals surface area contributed by atoms with Gasteiger partial charge in [-0.15, -0.1) is 0 Å². The lowest BCUT2D eigenvalue weighted by Crippen LogP contribution is -2.42. The fourth-order valence-electron chi connectivity index (χ4n) is 2.63. The quantitative estimate of drug-likeness (QED) is 0.638. The molecule has 0 aromatic heterocycles. The maximum atomic E-state index is 13.7.